The number of carbonyl (C=O) groups is 2. The highest BCUT2D eigenvalue weighted by atomic mass is 35.5. The van der Waals surface area contributed by atoms with Crippen LogP contribution in [0.3, 0.4) is 0 Å². The third-order valence-electron chi connectivity index (χ3n) is 5.65. The van der Waals surface area contributed by atoms with E-state index in [1.807, 2.05) is 29.2 Å². The van der Waals surface area contributed by atoms with E-state index in [4.69, 9.17) is 17.3 Å². The second-order valence-corrected chi connectivity index (χ2v) is 7.64. The van der Waals surface area contributed by atoms with E-state index in [9.17, 15) is 9.59 Å². The number of likely N-dealkylation sites (tertiary alicyclic amines) is 1. The minimum Gasteiger partial charge on any atom is -0.370 e. The zero-order valence-corrected chi connectivity index (χ0v) is 14.7. The van der Waals surface area contributed by atoms with Crippen LogP contribution in [0.2, 0.25) is 5.02 Å². The smallest absolute Gasteiger partial charge is 0.233 e. The van der Waals surface area contributed by atoms with Crippen molar-refractivity contribution in [3.8, 4) is 0 Å². The number of carbonyl (C=O) groups excluding carboxylic acids is 2. The normalized spacial score (nSPS) is 21.0. The number of hydrogen-bond donors (Lipinski definition) is 1. The molecule has 2 N–H and O–H groups in total. The minimum atomic E-state index is -0.388. The molecule has 2 amide bonds. The predicted octanol–water partition coefficient (Wildman–Crippen LogP) is 3.27. The first-order valence-electron chi connectivity index (χ1n) is 8.85. The van der Waals surface area contributed by atoms with Crippen molar-refractivity contribution in [2.45, 2.75) is 50.4 Å². The van der Waals surface area contributed by atoms with E-state index in [1.54, 1.807) is 0 Å². The van der Waals surface area contributed by atoms with Gasteiger partial charge in [-0.2, -0.15) is 0 Å². The highest BCUT2D eigenvalue weighted by Crippen LogP contribution is 2.43. The molecule has 0 bridgehead atoms. The molecular weight excluding hydrogens is 324 g/mol. The van der Waals surface area contributed by atoms with E-state index >= 15 is 0 Å². The van der Waals surface area contributed by atoms with Gasteiger partial charge in [0.1, 0.15) is 0 Å². The summed E-state index contributed by atoms with van der Waals surface area (Å²) in [6.45, 7) is 1.46. The van der Waals surface area contributed by atoms with E-state index in [1.165, 1.54) is 0 Å². The molecule has 130 valence electrons. The zero-order valence-electron chi connectivity index (χ0n) is 14.0. The Morgan fingerprint density at radius 3 is 2.25 bits per heavy atom. The number of rotatable bonds is 4. The van der Waals surface area contributed by atoms with Crippen LogP contribution in [0, 0.1) is 5.92 Å². The Labute approximate surface area is 148 Å². The summed E-state index contributed by atoms with van der Waals surface area (Å²) in [5, 5.41) is 0.701. The lowest BCUT2D eigenvalue weighted by Gasteiger charge is -2.38. The molecule has 0 unspecified atom stereocenters. The van der Waals surface area contributed by atoms with Crippen molar-refractivity contribution in [2.75, 3.05) is 13.1 Å². The number of benzene rings is 1. The standard InChI is InChI=1S/C19H25ClN2O2/c20-16-5-3-15(4-6-16)19(9-1-2-10-19)18(24)22-11-7-14(8-12-22)13-17(21)23/h3-6,14H,1-2,7-13H2,(H2,21,23). The molecule has 1 heterocycles. The van der Waals surface area contributed by atoms with Crippen molar-refractivity contribution in [3.63, 3.8) is 0 Å². The Morgan fingerprint density at radius 2 is 1.71 bits per heavy atom. The summed E-state index contributed by atoms with van der Waals surface area (Å²) in [6.07, 6.45) is 6.17. The summed E-state index contributed by atoms with van der Waals surface area (Å²) in [6, 6.07) is 7.77. The van der Waals surface area contributed by atoms with Crippen molar-refractivity contribution in [1.29, 1.82) is 0 Å². The minimum absolute atomic E-state index is 0.242. The molecule has 2 fully saturated rings. The van der Waals surface area contributed by atoms with Crippen LogP contribution >= 0.6 is 11.6 Å². The largest absolute Gasteiger partial charge is 0.370 e. The van der Waals surface area contributed by atoms with Crippen LogP contribution < -0.4 is 5.73 Å². The number of amides is 2. The SMILES string of the molecule is NC(=O)CC1CCN(C(=O)C2(c3ccc(Cl)cc3)CCCC2)CC1. The van der Waals surface area contributed by atoms with Gasteiger partial charge in [-0.3, -0.25) is 9.59 Å². The van der Waals surface area contributed by atoms with E-state index in [-0.39, 0.29) is 17.2 Å². The van der Waals surface area contributed by atoms with Gasteiger partial charge < -0.3 is 10.6 Å². The van der Waals surface area contributed by atoms with E-state index in [0.717, 1.165) is 57.2 Å². The molecule has 0 spiro atoms. The molecule has 1 saturated heterocycles. The zero-order chi connectivity index (χ0) is 17.2. The van der Waals surface area contributed by atoms with Gasteiger partial charge in [-0.15, -0.1) is 0 Å². The fraction of sp³-hybridized carbons (Fsp3) is 0.579. The van der Waals surface area contributed by atoms with Crippen LogP contribution in [0.4, 0.5) is 0 Å². The second kappa shape index (κ2) is 7.14. The molecule has 5 heteroatoms. The lowest BCUT2D eigenvalue weighted by atomic mass is 9.77. The first kappa shape index (κ1) is 17.3. The van der Waals surface area contributed by atoms with Crippen LogP contribution in [0.5, 0.6) is 0 Å². The summed E-state index contributed by atoms with van der Waals surface area (Å²) < 4.78 is 0. The molecule has 1 aromatic rings. The molecule has 4 nitrogen and oxygen atoms in total. The topological polar surface area (TPSA) is 63.4 Å². The van der Waals surface area contributed by atoms with E-state index in [2.05, 4.69) is 0 Å². The van der Waals surface area contributed by atoms with Gasteiger partial charge in [0.15, 0.2) is 0 Å². The Bertz CT molecular complexity index is 600. The second-order valence-electron chi connectivity index (χ2n) is 7.20. The molecular formula is C19H25ClN2O2. The lowest BCUT2D eigenvalue weighted by Crippen LogP contribution is -2.48. The van der Waals surface area contributed by atoms with Crippen LogP contribution in [0.1, 0.15) is 50.5 Å². The van der Waals surface area contributed by atoms with Gasteiger partial charge in [0, 0.05) is 24.5 Å². The highest BCUT2D eigenvalue weighted by molar-refractivity contribution is 6.30. The van der Waals surface area contributed by atoms with Gasteiger partial charge >= 0.3 is 0 Å². The quantitative estimate of drug-likeness (QED) is 0.907. The molecule has 3 rings (SSSR count). The average Bonchev–Trinajstić information content (AvgIpc) is 3.06. The van der Waals surface area contributed by atoms with Crippen LogP contribution in [0.15, 0.2) is 24.3 Å². The molecule has 0 aromatic heterocycles. The number of hydrogen-bond acceptors (Lipinski definition) is 2. The number of piperidine rings is 1. The van der Waals surface area contributed by atoms with E-state index < -0.39 is 0 Å². The van der Waals surface area contributed by atoms with Crippen LogP contribution in [-0.2, 0) is 15.0 Å². The lowest BCUT2D eigenvalue weighted by molar-refractivity contribution is -0.138. The summed E-state index contributed by atoms with van der Waals surface area (Å²) in [5.41, 5.74) is 6.00. The first-order chi connectivity index (χ1) is 11.5. The molecule has 1 aromatic carbocycles. The summed E-state index contributed by atoms with van der Waals surface area (Å²) in [5.74, 6) is 0.328. The fourth-order valence-electron chi connectivity index (χ4n) is 4.30. The molecule has 24 heavy (non-hydrogen) atoms. The van der Waals surface area contributed by atoms with Gasteiger partial charge in [-0.05, 0) is 49.3 Å². The Balaban J connectivity index is 1.74. The van der Waals surface area contributed by atoms with Crippen molar-refractivity contribution in [2.24, 2.45) is 11.7 Å². The van der Waals surface area contributed by atoms with Gasteiger partial charge in [-0.1, -0.05) is 36.6 Å². The van der Waals surface area contributed by atoms with Gasteiger partial charge in [0.05, 0.1) is 5.41 Å². The van der Waals surface area contributed by atoms with Gasteiger partial charge in [0.25, 0.3) is 0 Å². The third kappa shape index (κ3) is 3.44. The molecule has 1 saturated carbocycles. The van der Waals surface area contributed by atoms with Crippen molar-refractivity contribution in [3.05, 3.63) is 34.9 Å². The van der Waals surface area contributed by atoms with Gasteiger partial charge in [-0.25, -0.2) is 0 Å². The third-order valence-corrected chi connectivity index (χ3v) is 5.91. The average molecular weight is 349 g/mol. The molecule has 2 aliphatic rings. The predicted molar refractivity (Wildman–Crippen MR) is 94.7 cm³/mol. The molecule has 1 aliphatic heterocycles. The number of primary amides is 1. The number of halogens is 1. The highest BCUT2D eigenvalue weighted by Gasteiger charge is 2.45. The van der Waals surface area contributed by atoms with E-state index in [0.29, 0.717) is 17.4 Å². The Kier molecular flexibility index (Phi) is 5.14. The van der Waals surface area contributed by atoms with Crippen LogP contribution in [-0.4, -0.2) is 29.8 Å². The monoisotopic (exact) mass is 348 g/mol. The maximum Gasteiger partial charge on any atom is 0.233 e. The maximum atomic E-state index is 13.3. The molecule has 0 radical (unpaired) electrons. The Hall–Kier alpha value is -1.55. The van der Waals surface area contributed by atoms with Gasteiger partial charge in [0.2, 0.25) is 11.8 Å². The van der Waals surface area contributed by atoms with Crippen molar-refractivity contribution in [1.82, 2.24) is 4.90 Å². The van der Waals surface area contributed by atoms with Crippen molar-refractivity contribution < 1.29 is 9.59 Å². The summed E-state index contributed by atoms with van der Waals surface area (Å²) in [4.78, 5) is 26.4. The Morgan fingerprint density at radius 1 is 1.12 bits per heavy atom. The maximum absolute atomic E-state index is 13.3. The number of nitrogens with zero attached hydrogens (tertiary/aromatic N) is 1. The summed E-state index contributed by atoms with van der Waals surface area (Å²) >= 11 is 6.02. The molecule has 1 aliphatic carbocycles. The van der Waals surface area contributed by atoms with Crippen molar-refractivity contribution >= 4 is 23.4 Å². The molecule has 0 atom stereocenters. The summed E-state index contributed by atoms with van der Waals surface area (Å²) in [7, 11) is 0. The first-order valence-corrected chi connectivity index (χ1v) is 9.23. The van der Waals surface area contributed by atoms with Crippen LogP contribution in [0.25, 0.3) is 0 Å². The number of nitrogens with two attached hydrogens (primary N) is 1. The fourth-order valence-corrected chi connectivity index (χ4v) is 4.43.